The Bertz CT molecular complexity index is 547. The summed E-state index contributed by atoms with van der Waals surface area (Å²) in [6.07, 6.45) is 0. The third kappa shape index (κ3) is 2.76. The third-order valence-corrected chi connectivity index (χ3v) is 4.44. The molecule has 1 aromatic heterocycles. The van der Waals surface area contributed by atoms with E-state index in [1.807, 2.05) is 17.5 Å². The van der Waals surface area contributed by atoms with E-state index < -0.39 is 0 Å². The predicted molar refractivity (Wildman–Crippen MR) is 69.6 cm³/mol. The van der Waals surface area contributed by atoms with Crippen LogP contribution in [0.4, 0.5) is 4.39 Å². The van der Waals surface area contributed by atoms with Gasteiger partial charge in [-0.25, -0.2) is 4.39 Å². The minimum absolute atomic E-state index is 0.108. The number of halogens is 1. The molecule has 0 aliphatic carbocycles. The Morgan fingerprint density at radius 3 is 2.76 bits per heavy atom. The lowest BCUT2D eigenvalue weighted by molar-refractivity contribution is 0.101. The first-order valence-corrected chi connectivity index (χ1v) is 6.80. The van der Waals surface area contributed by atoms with E-state index >= 15 is 0 Å². The van der Waals surface area contributed by atoms with Gasteiger partial charge in [-0.15, -0.1) is 11.3 Å². The number of rotatable bonds is 3. The Balaban J connectivity index is 2.44. The average Bonchev–Trinajstić information content (AvgIpc) is 2.75. The number of hydrogen-bond acceptors (Lipinski definition) is 3. The van der Waals surface area contributed by atoms with Gasteiger partial charge in [-0.2, -0.15) is 0 Å². The van der Waals surface area contributed by atoms with Crippen LogP contribution in [0, 0.1) is 12.7 Å². The van der Waals surface area contributed by atoms with Crippen LogP contribution in [0.2, 0.25) is 0 Å². The topological polar surface area (TPSA) is 17.1 Å². The molecule has 2 aromatic rings. The molecule has 0 unspecified atom stereocenters. The summed E-state index contributed by atoms with van der Waals surface area (Å²) in [5.41, 5.74) is 1.01. The van der Waals surface area contributed by atoms with Gasteiger partial charge in [-0.3, -0.25) is 4.79 Å². The van der Waals surface area contributed by atoms with Crippen LogP contribution in [0.15, 0.2) is 38.8 Å². The zero-order valence-electron chi connectivity index (χ0n) is 9.49. The highest BCUT2D eigenvalue weighted by Gasteiger charge is 2.12. The van der Waals surface area contributed by atoms with Gasteiger partial charge in [-0.05, 0) is 43.0 Å². The highest BCUT2D eigenvalue weighted by Crippen LogP contribution is 2.34. The van der Waals surface area contributed by atoms with Gasteiger partial charge < -0.3 is 0 Å². The number of hydrogen-bond donors (Lipinski definition) is 0. The fraction of sp³-hybridized carbons (Fsp3) is 0.154. The Morgan fingerprint density at radius 2 is 2.18 bits per heavy atom. The first kappa shape index (κ1) is 12.3. The summed E-state index contributed by atoms with van der Waals surface area (Å²) in [5.74, 6) is -0.436. The molecule has 0 amide bonds. The fourth-order valence-corrected chi connectivity index (χ4v) is 3.43. The summed E-state index contributed by atoms with van der Waals surface area (Å²) >= 11 is 3.11. The monoisotopic (exact) mass is 266 g/mol. The summed E-state index contributed by atoms with van der Waals surface area (Å²) in [6.45, 7) is 3.17. The molecule has 0 aliphatic heterocycles. The number of carbonyl (C=O) groups excluding carboxylic acids is 1. The normalized spacial score (nSPS) is 10.5. The highest BCUT2D eigenvalue weighted by molar-refractivity contribution is 8.01. The van der Waals surface area contributed by atoms with Crippen molar-refractivity contribution in [1.29, 1.82) is 0 Å². The van der Waals surface area contributed by atoms with Crippen LogP contribution < -0.4 is 0 Å². The number of ketones is 1. The molecule has 0 radical (unpaired) electrons. The Hall–Kier alpha value is -1.13. The van der Waals surface area contributed by atoms with Gasteiger partial charge in [0.25, 0.3) is 0 Å². The Morgan fingerprint density at radius 1 is 1.41 bits per heavy atom. The molecule has 0 aliphatic rings. The molecule has 17 heavy (non-hydrogen) atoms. The first-order valence-electron chi connectivity index (χ1n) is 5.10. The largest absolute Gasteiger partial charge is 0.294 e. The van der Waals surface area contributed by atoms with Crippen LogP contribution in [0.5, 0.6) is 0 Å². The van der Waals surface area contributed by atoms with E-state index in [0.717, 1.165) is 9.10 Å². The van der Waals surface area contributed by atoms with Crippen molar-refractivity contribution in [2.45, 2.75) is 23.0 Å². The summed E-state index contributed by atoms with van der Waals surface area (Å²) in [4.78, 5) is 12.3. The summed E-state index contributed by atoms with van der Waals surface area (Å²) in [7, 11) is 0. The second kappa shape index (κ2) is 5.02. The SMILES string of the molecule is CC(=O)c1cc(F)c(C)cc1Sc1cccs1. The zero-order valence-corrected chi connectivity index (χ0v) is 11.1. The quantitative estimate of drug-likeness (QED) is 0.758. The van der Waals surface area contributed by atoms with Gasteiger partial charge in [-0.1, -0.05) is 17.8 Å². The summed E-state index contributed by atoms with van der Waals surface area (Å²) in [6, 6.07) is 7.00. The Labute approximate surface area is 108 Å². The molecule has 4 heteroatoms. The lowest BCUT2D eigenvalue weighted by atomic mass is 10.1. The van der Waals surface area contributed by atoms with Crippen LogP contribution >= 0.6 is 23.1 Å². The van der Waals surface area contributed by atoms with Crippen molar-refractivity contribution >= 4 is 28.9 Å². The molecule has 0 fully saturated rings. The lowest BCUT2D eigenvalue weighted by Crippen LogP contribution is -1.98. The maximum Gasteiger partial charge on any atom is 0.161 e. The molecule has 88 valence electrons. The van der Waals surface area contributed by atoms with E-state index in [-0.39, 0.29) is 11.6 Å². The minimum atomic E-state index is -0.328. The molecule has 0 N–H and O–H groups in total. The molecule has 0 bridgehead atoms. The van der Waals surface area contributed by atoms with Crippen LogP contribution in [0.1, 0.15) is 22.8 Å². The summed E-state index contributed by atoms with van der Waals surface area (Å²) < 4.78 is 14.5. The lowest BCUT2D eigenvalue weighted by Gasteiger charge is -2.07. The summed E-state index contributed by atoms with van der Waals surface area (Å²) in [5, 5.41) is 1.98. The number of aryl methyl sites for hydroxylation is 1. The van der Waals surface area contributed by atoms with E-state index in [9.17, 15) is 9.18 Å². The maximum atomic E-state index is 13.4. The van der Waals surface area contributed by atoms with Crippen LogP contribution in [-0.4, -0.2) is 5.78 Å². The van der Waals surface area contributed by atoms with Crippen molar-refractivity contribution < 1.29 is 9.18 Å². The highest BCUT2D eigenvalue weighted by atomic mass is 32.2. The van der Waals surface area contributed by atoms with E-state index in [1.165, 1.54) is 24.8 Å². The second-order valence-corrected chi connectivity index (χ2v) is 5.98. The van der Waals surface area contributed by atoms with Gasteiger partial charge >= 0.3 is 0 Å². The van der Waals surface area contributed by atoms with Crippen molar-refractivity contribution in [3.63, 3.8) is 0 Å². The van der Waals surface area contributed by atoms with Crippen molar-refractivity contribution in [2.75, 3.05) is 0 Å². The fourth-order valence-electron chi connectivity index (χ4n) is 1.44. The van der Waals surface area contributed by atoms with Crippen LogP contribution in [-0.2, 0) is 0 Å². The number of benzene rings is 1. The molecule has 1 heterocycles. The molecule has 2 rings (SSSR count). The van der Waals surface area contributed by atoms with Crippen LogP contribution in [0.25, 0.3) is 0 Å². The van der Waals surface area contributed by atoms with Gasteiger partial charge in [0.15, 0.2) is 5.78 Å². The van der Waals surface area contributed by atoms with Gasteiger partial charge in [0.1, 0.15) is 5.82 Å². The molecule has 1 nitrogen and oxygen atoms in total. The minimum Gasteiger partial charge on any atom is -0.294 e. The number of thiophene rings is 1. The van der Waals surface area contributed by atoms with Crippen molar-refractivity contribution in [3.05, 3.63) is 46.6 Å². The standard InChI is InChI=1S/C13H11FOS2/c1-8-6-12(17-13-4-3-5-16-13)10(9(2)15)7-11(8)14/h3-7H,1-2H3. The van der Waals surface area contributed by atoms with Gasteiger partial charge in [0.05, 0.1) is 4.21 Å². The van der Waals surface area contributed by atoms with Crippen molar-refractivity contribution in [3.8, 4) is 0 Å². The van der Waals surface area contributed by atoms with Crippen molar-refractivity contribution in [2.24, 2.45) is 0 Å². The molecule has 0 spiro atoms. The number of Topliss-reactive ketones (excluding diaryl/α,β-unsaturated/α-hetero) is 1. The third-order valence-electron chi connectivity index (χ3n) is 2.35. The van der Waals surface area contributed by atoms with Crippen molar-refractivity contribution in [1.82, 2.24) is 0 Å². The van der Waals surface area contributed by atoms with E-state index in [0.29, 0.717) is 11.1 Å². The molecule has 0 saturated carbocycles. The molecule has 1 aromatic carbocycles. The smallest absolute Gasteiger partial charge is 0.161 e. The number of carbonyl (C=O) groups is 1. The molecular weight excluding hydrogens is 255 g/mol. The average molecular weight is 266 g/mol. The first-order chi connectivity index (χ1) is 8.08. The van der Waals surface area contributed by atoms with Crippen LogP contribution in [0.3, 0.4) is 0 Å². The second-order valence-electron chi connectivity index (χ2n) is 3.69. The van der Waals surface area contributed by atoms with Gasteiger partial charge in [0, 0.05) is 10.5 Å². The molecule has 0 atom stereocenters. The van der Waals surface area contributed by atoms with Gasteiger partial charge in [0.2, 0.25) is 0 Å². The van der Waals surface area contributed by atoms with E-state index in [2.05, 4.69) is 0 Å². The maximum absolute atomic E-state index is 13.4. The zero-order chi connectivity index (χ0) is 12.4. The van der Waals surface area contributed by atoms with E-state index in [1.54, 1.807) is 24.3 Å². The van der Waals surface area contributed by atoms with E-state index in [4.69, 9.17) is 0 Å². The Kier molecular flexibility index (Phi) is 3.64. The predicted octanol–water partition coefficient (Wildman–Crippen LogP) is 4.55. The molecular formula is C13H11FOS2. The molecule has 0 saturated heterocycles.